The van der Waals surface area contributed by atoms with E-state index in [0.29, 0.717) is 18.1 Å². The molecule has 0 aromatic heterocycles. The second kappa shape index (κ2) is 5.08. The highest BCUT2D eigenvalue weighted by Gasteiger charge is 2.22. The third-order valence-corrected chi connectivity index (χ3v) is 2.90. The van der Waals surface area contributed by atoms with Crippen molar-refractivity contribution >= 4 is 5.97 Å². The summed E-state index contributed by atoms with van der Waals surface area (Å²) in [4.78, 5) is 11.1. The number of hydrogen-bond acceptors (Lipinski definition) is 3. The van der Waals surface area contributed by atoms with E-state index in [0.717, 1.165) is 12.3 Å². The van der Waals surface area contributed by atoms with Crippen LogP contribution in [0.1, 0.15) is 29.6 Å². The van der Waals surface area contributed by atoms with Crippen molar-refractivity contribution < 1.29 is 19.4 Å². The number of para-hydroxylation sites is 1. The van der Waals surface area contributed by atoms with Gasteiger partial charge in [0.15, 0.2) is 11.5 Å². The van der Waals surface area contributed by atoms with Gasteiger partial charge in [-0.1, -0.05) is 18.9 Å². The van der Waals surface area contributed by atoms with Crippen molar-refractivity contribution in [3.63, 3.8) is 0 Å². The zero-order chi connectivity index (χ0) is 12.3. The third-order valence-electron chi connectivity index (χ3n) is 2.90. The third kappa shape index (κ3) is 2.90. The SMILES string of the molecule is COc1cccc(C(=O)O)c1OCCC1CC1. The maximum atomic E-state index is 11.1. The summed E-state index contributed by atoms with van der Waals surface area (Å²) in [6.07, 6.45) is 3.51. The molecule has 1 aliphatic carbocycles. The highest BCUT2D eigenvalue weighted by Crippen LogP contribution is 2.34. The minimum absolute atomic E-state index is 0.153. The lowest BCUT2D eigenvalue weighted by Gasteiger charge is -2.12. The first-order valence-electron chi connectivity index (χ1n) is 5.75. The summed E-state index contributed by atoms with van der Waals surface area (Å²) < 4.78 is 10.7. The van der Waals surface area contributed by atoms with Gasteiger partial charge < -0.3 is 14.6 Å². The van der Waals surface area contributed by atoms with Crippen molar-refractivity contribution in [1.82, 2.24) is 0 Å². The summed E-state index contributed by atoms with van der Waals surface area (Å²) in [5.41, 5.74) is 0.153. The zero-order valence-electron chi connectivity index (χ0n) is 9.81. The highest BCUT2D eigenvalue weighted by molar-refractivity contribution is 5.92. The van der Waals surface area contributed by atoms with Gasteiger partial charge in [0, 0.05) is 0 Å². The Labute approximate surface area is 100 Å². The van der Waals surface area contributed by atoms with Crippen LogP contribution in [0.3, 0.4) is 0 Å². The molecule has 0 bridgehead atoms. The number of rotatable bonds is 6. The van der Waals surface area contributed by atoms with E-state index in [4.69, 9.17) is 14.6 Å². The maximum absolute atomic E-state index is 11.1. The largest absolute Gasteiger partial charge is 0.493 e. The number of methoxy groups -OCH3 is 1. The molecule has 1 saturated carbocycles. The van der Waals surface area contributed by atoms with E-state index >= 15 is 0 Å². The standard InChI is InChI=1S/C13H16O4/c1-16-11-4-2-3-10(13(14)15)12(11)17-8-7-9-5-6-9/h2-4,9H,5-8H2,1H3,(H,14,15). The Bertz CT molecular complexity index is 410. The summed E-state index contributed by atoms with van der Waals surface area (Å²) in [7, 11) is 1.51. The summed E-state index contributed by atoms with van der Waals surface area (Å²) in [5.74, 6) is 0.576. The van der Waals surface area contributed by atoms with Crippen LogP contribution in [0.5, 0.6) is 11.5 Å². The monoisotopic (exact) mass is 236 g/mol. The molecule has 0 unspecified atom stereocenters. The van der Waals surface area contributed by atoms with Crippen LogP contribution in [-0.4, -0.2) is 24.8 Å². The predicted molar refractivity (Wildman–Crippen MR) is 62.8 cm³/mol. The molecule has 92 valence electrons. The number of hydrogen-bond donors (Lipinski definition) is 1. The number of benzene rings is 1. The molecule has 1 aromatic carbocycles. The van der Waals surface area contributed by atoms with Crippen LogP contribution in [0.15, 0.2) is 18.2 Å². The molecule has 0 amide bonds. The molecule has 17 heavy (non-hydrogen) atoms. The Kier molecular flexibility index (Phi) is 3.52. The van der Waals surface area contributed by atoms with Gasteiger partial charge in [-0.25, -0.2) is 4.79 Å². The van der Waals surface area contributed by atoms with Crippen molar-refractivity contribution in [2.75, 3.05) is 13.7 Å². The summed E-state index contributed by atoms with van der Waals surface area (Å²) in [6, 6.07) is 4.88. The molecular weight excluding hydrogens is 220 g/mol. The molecule has 4 heteroatoms. The van der Waals surface area contributed by atoms with Crippen molar-refractivity contribution in [2.24, 2.45) is 5.92 Å². The summed E-state index contributed by atoms with van der Waals surface area (Å²) in [5, 5.41) is 9.07. The quantitative estimate of drug-likeness (QED) is 0.824. The number of aromatic carboxylic acids is 1. The molecule has 0 aliphatic heterocycles. The second-order valence-electron chi connectivity index (χ2n) is 4.22. The lowest BCUT2D eigenvalue weighted by Crippen LogP contribution is -2.06. The van der Waals surface area contributed by atoms with Crippen LogP contribution in [0.25, 0.3) is 0 Å². The minimum atomic E-state index is -0.995. The molecule has 0 spiro atoms. The average Bonchev–Trinajstić information content (AvgIpc) is 3.13. The van der Waals surface area contributed by atoms with Gasteiger partial charge in [0.05, 0.1) is 13.7 Å². The minimum Gasteiger partial charge on any atom is -0.493 e. The first kappa shape index (κ1) is 11.8. The number of ether oxygens (including phenoxy) is 2. The van der Waals surface area contributed by atoms with E-state index < -0.39 is 5.97 Å². The lowest BCUT2D eigenvalue weighted by atomic mass is 10.2. The molecule has 0 atom stereocenters. The van der Waals surface area contributed by atoms with Gasteiger partial charge in [0.25, 0.3) is 0 Å². The summed E-state index contributed by atoms with van der Waals surface area (Å²) >= 11 is 0. The van der Waals surface area contributed by atoms with E-state index in [1.807, 2.05) is 0 Å². The van der Waals surface area contributed by atoms with Gasteiger partial charge in [-0.15, -0.1) is 0 Å². The van der Waals surface area contributed by atoms with Crippen LogP contribution in [0, 0.1) is 5.92 Å². The number of carboxylic acids is 1. The van der Waals surface area contributed by atoms with Gasteiger partial charge in [-0.3, -0.25) is 0 Å². The van der Waals surface area contributed by atoms with Gasteiger partial charge in [-0.05, 0) is 24.5 Å². The van der Waals surface area contributed by atoms with Gasteiger partial charge >= 0.3 is 5.97 Å². The van der Waals surface area contributed by atoms with E-state index in [2.05, 4.69) is 0 Å². The zero-order valence-corrected chi connectivity index (χ0v) is 9.81. The molecule has 0 radical (unpaired) electrons. The molecule has 0 saturated heterocycles. The van der Waals surface area contributed by atoms with Crippen LogP contribution in [0.4, 0.5) is 0 Å². The van der Waals surface area contributed by atoms with E-state index in [9.17, 15) is 4.79 Å². The fourth-order valence-electron chi connectivity index (χ4n) is 1.73. The predicted octanol–water partition coefficient (Wildman–Crippen LogP) is 2.57. The number of carbonyl (C=O) groups is 1. The van der Waals surface area contributed by atoms with Gasteiger partial charge in [0.1, 0.15) is 5.56 Å². The normalized spacial score (nSPS) is 14.4. The van der Waals surface area contributed by atoms with Crippen LogP contribution in [0.2, 0.25) is 0 Å². The van der Waals surface area contributed by atoms with Crippen molar-refractivity contribution in [3.8, 4) is 11.5 Å². The molecule has 1 N–H and O–H groups in total. The first-order valence-corrected chi connectivity index (χ1v) is 5.75. The Balaban J connectivity index is 2.11. The van der Waals surface area contributed by atoms with Gasteiger partial charge in [-0.2, -0.15) is 0 Å². The Hall–Kier alpha value is -1.71. The van der Waals surface area contributed by atoms with Gasteiger partial charge in [0.2, 0.25) is 0 Å². The number of carboxylic acid groups (broad SMARTS) is 1. The van der Waals surface area contributed by atoms with Crippen molar-refractivity contribution in [1.29, 1.82) is 0 Å². The molecule has 4 nitrogen and oxygen atoms in total. The Morgan fingerprint density at radius 3 is 2.82 bits per heavy atom. The highest BCUT2D eigenvalue weighted by atomic mass is 16.5. The maximum Gasteiger partial charge on any atom is 0.339 e. The average molecular weight is 236 g/mol. The first-order chi connectivity index (χ1) is 8.22. The van der Waals surface area contributed by atoms with Crippen LogP contribution in [-0.2, 0) is 0 Å². The van der Waals surface area contributed by atoms with E-state index in [1.54, 1.807) is 12.1 Å². The Morgan fingerprint density at radius 1 is 1.47 bits per heavy atom. The lowest BCUT2D eigenvalue weighted by molar-refractivity contribution is 0.0691. The molecule has 2 rings (SSSR count). The van der Waals surface area contributed by atoms with E-state index in [1.165, 1.54) is 26.0 Å². The molecule has 1 aromatic rings. The van der Waals surface area contributed by atoms with E-state index in [-0.39, 0.29) is 5.56 Å². The van der Waals surface area contributed by atoms with Crippen molar-refractivity contribution in [3.05, 3.63) is 23.8 Å². The van der Waals surface area contributed by atoms with Crippen LogP contribution >= 0.6 is 0 Å². The Morgan fingerprint density at radius 2 is 2.24 bits per heavy atom. The fourth-order valence-corrected chi connectivity index (χ4v) is 1.73. The second-order valence-corrected chi connectivity index (χ2v) is 4.22. The smallest absolute Gasteiger partial charge is 0.339 e. The summed E-state index contributed by atoms with van der Waals surface area (Å²) in [6.45, 7) is 0.547. The van der Waals surface area contributed by atoms with Crippen molar-refractivity contribution in [2.45, 2.75) is 19.3 Å². The topological polar surface area (TPSA) is 55.8 Å². The molecule has 1 fully saturated rings. The molecular formula is C13H16O4. The van der Waals surface area contributed by atoms with Crippen LogP contribution < -0.4 is 9.47 Å². The molecule has 0 heterocycles. The fraction of sp³-hybridized carbons (Fsp3) is 0.462. The molecule has 1 aliphatic rings.